The number of hydrogen-bond donors (Lipinski definition) is 1. The van der Waals surface area contributed by atoms with Crippen molar-refractivity contribution in [3.63, 3.8) is 0 Å². The highest BCUT2D eigenvalue weighted by atomic mass is 32.2. The van der Waals surface area contributed by atoms with Crippen LogP contribution in [0.15, 0.2) is 36.4 Å². The van der Waals surface area contributed by atoms with Gasteiger partial charge >= 0.3 is 5.97 Å². The first-order valence-corrected chi connectivity index (χ1v) is 8.93. The number of esters is 1. The number of rotatable bonds is 7. The average Bonchev–Trinajstić information content (AvgIpc) is 3.00. The summed E-state index contributed by atoms with van der Waals surface area (Å²) >= 11 is 1.61. The molecule has 24 heavy (non-hydrogen) atoms. The molecular formula is C17H21N3O3S. The van der Waals surface area contributed by atoms with E-state index in [2.05, 4.69) is 10.4 Å². The Morgan fingerprint density at radius 2 is 2.04 bits per heavy atom. The van der Waals surface area contributed by atoms with Crippen molar-refractivity contribution in [2.75, 3.05) is 19.1 Å². The number of nitrogens with one attached hydrogen (secondary N) is 1. The van der Waals surface area contributed by atoms with Crippen molar-refractivity contribution in [2.45, 2.75) is 12.5 Å². The molecule has 1 aromatic carbocycles. The smallest absolute Gasteiger partial charge is 0.328 e. The lowest BCUT2D eigenvalue weighted by molar-refractivity contribution is -0.142. The van der Waals surface area contributed by atoms with Crippen LogP contribution in [0.3, 0.4) is 0 Å². The highest BCUT2D eigenvalue weighted by Gasteiger charge is 2.23. The molecular weight excluding hydrogens is 326 g/mol. The van der Waals surface area contributed by atoms with Crippen LogP contribution in [0.5, 0.6) is 0 Å². The zero-order valence-electron chi connectivity index (χ0n) is 14.0. The van der Waals surface area contributed by atoms with E-state index in [1.807, 2.05) is 36.6 Å². The van der Waals surface area contributed by atoms with Gasteiger partial charge in [0.15, 0.2) is 0 Å². The predicted molar refractivity (Wildman–Crippen MR) is 94.9 cm³/mol. The number of aryl methyl sites for hydroxylation is 1. The third kappa shape index (κ3) is 4.38. The molecule has 0 radical (unpaired) electrons. The maximum Gasteiger partial charge on any atom is 0.328 e. The molecule has 2 rings (SSSR count). The summed E-state index contributed by atoms with van der Waals surface area (Å²) < 4.78 is 6.28. The van der Waals surface area contributed by atoms with Gasteiger partial charge in [0.1, 0.15) is 11.7 Å². The maximum atomic E-state index is 12.5. The summed E-state index contributed by atoms with van der Waals surface area (Å²) in [7, 11) is 3.02. The highest BCUT2D eigenvalue weighted by Crippen LogP contribution is 2.18. The summed E-state index contributed by atoms with van der Waals surface area (Å²) in [6.07, 6.45) is 2.46. The van der Waals surface area contributed by atoms with Crippen molar-refractivity contribution in [3.8, 4) is 11.3 Å². The number of amides is 1. The van der Waals surface area contributed by atoms with E-state index in [0.29, 0.717) is 17.8 Å². The van der Waals surface area contributed by atoms with Gasteiger partial charge in [0.2, 0.25) is 0 Å². The number of benzene rings is 1. The fraction of sp³-hybridized carbons (Fsp3) is 0.353. The number of thioether (sulfide) groups is 1. The van der Waals surface area contributed by atoms with Gasteiger partial charge in [-0.15, -0.1) is 0 Å². The quantitative estimate of drug-likeness (QED) is 0.777. The van der Waals surface area contributed by atoms with Crippen molar-refractivity contribution >= 4 is 23.6 Å². The van der Waals surface area contributed by atoms with E-state index in [4.69, 9.17) is 4.74 Å². The van der Waals surface area contributed by atoms with Crippen LogP contribution in [0.4, 0.5) is 0 Å². The molecule has 1 atom stereocenters. The van der Waals surface area contributed by atoms with Gasteiger partial charge in [-0.05, 0) is 24.5 Å². The van der Waals surface area contributed by atoms with Crippen molar-refractivity contribution in [1.29, 1.82) is 0 Å². The summed E-state index contributed by atoms with van der Waals surface area (Å²) in [5, 5.41) is 7.11. The summed E-state index contributed by atoms with van der Waals surface area (Å²) in [6, 6.07) is 10.7. The molecule has 1 N–H and O–H groups in total. The van der Waals surface area contributed by atoms with E-state index < -0.39 is 12.0 Å². The van der Waals surface area contributed by atoms with Crippen LogP contribution in [0.2, 0.25) is 0 Å². The molecule has 6 nitrogen and oxygen atoms in total. The van der Waals surface area contributed by atoms with E-state index in [0.717, 1.165) is 11.3 Å². The first-order chi connectivity index (χ1) is 11.6. The Labute approximate surface area is 145 Å². The van der Waals surface area contributed by atoms with Gasteiger partial charge in [0.05, 0.1) is 12.8 Å². The van der Waals surface area contributed by atoms with Gasteiger partial charge in [-0.3, -0.25) is 9.48 Å². The number of methoxy groups -OCH3 is 1. The van der Waals surface area contributed by atoms with Gasteiger partial charge in [-0.25, -0.2) is 4.79 Å². The number of carbonyl (C=O) groups is 2. The minimum atomic E-state index is -0.662. The largest absolute Gasteiger partial charge is 0.467 e. The van der Waals surface area contributed by atoms with Crippen molar-refractivity contribution in [1.82, 2.24) is 15.1 Å². The standard InChI is InChI=1S/C17H21N3O3S/c1-20-15(11-14(19-20)12-7-5-4-6-8-12)16(21)18-13(9-10-24-3)17(22)23-2/h4-8,11,13H,9-10H2,1-3H3,(H,18,21)/t13-/m1/s1. The third-order valence-electron chi connectivity index (χ3n) is 3.58. The molecule has 2 aromatic rings. The van der Waals surface area contributed by atoms with E-state index in [1.165, 1.54) is 11.8 Å². The minimum Gasteiger partial charge on any atom is -0.467 e. The van der Waals surface area contributed by atoms with Gasteiger partial charge in [0.25, 0.3) is 5.91 Å². The normalized spacial score (nSPS) is 11.8. The molecule has 1 aromatic heterocycles. The van der Waals surface area contributed by atoms with Crippen molar-refractivity contribution in [2.24, 2.45) is 7.05 Å². The van der Waals surface area contributed by atoms with Crippen LogP contribution in [-0.4, -0.2) is 46.8 Å². The average molecular weight is 347 g/mol. The lowest BCUT2D eigenvalue weighted by Gasteiger charge is -2.15. The molecule has 7 heteroatoms. The monoisotopic (exact) mass is 347 g/mol. The molecule has 0 saturated carbocycles. The Morgan fingerprint density at radius 3 is 2.67 bits per heavy atom. The number of hydrogen-bond acceptors (Lipinski definition) is 5. The molecule has 0 bridgehead atoms. The molecule has 0 aliphatic heterocycles. The van der Waals surface area contributed by atoms with Gasteiger partial charge < -0.3 is 10.1 Å². The first-order valence-electron chi connectivity index (χ1n) is 7.54. The lowest BCUT2D eigenvalue weighted by atomic mass is 10.1. The SMILES string of the molecule is COC(=O)[C@@H](CCSC)NC(=O)c1cc(-c2ccccc2)nn1C. The molecule has 0 aliphatic rings. The van der Waals surface area contributed by atoms with Crippen LogP contribution in [0, 0.1) is 0 Å². The number of ether oxygens (including phenoxy) is 1. The number of nitrogens with zero attached hydrogens (tertiary/aromatic N) is 2. The zero-order chi connectivity index (χ0) is 17.5. The lowest BCUT2D eigenvalue weighted by Crippen LogP contribution is -2.42. The molecule has 128 valence electrons. The Bertz CT molecular complexity index is 700. The summed E-state index contributed by atoms with van der Waals surface area (Å²) in [4.78, 5) is 24.3. The summed E-state index contributed by atoms with van der Waals surface area (Å²) in [6.45, 7) is 0. The second-order valence-corrected chi connectivity index (χ2v) is 6.22. The molecule has 1 heterocycles. The van der Waals surface area contributed by atoms with Crippen LogP contribution in [0.25, 0.3) is 11.3 Å². The Hall–Kier alpha value is -2.28. The van der Waals surface area contributed by atoms with Crippen molar-refractivity contribution in [3.05, 3.63) is 42.1 Å². The fourth-order valence-electron chi connectivity index (χ4n) is 2.29. The van der Waals surface area contributed by atoms with Crippen molar-refractivity contribution < 1.29 is 14.3 Å². The molecule has 1 amide bonds. The summed E-state index contributed by atoms with van der Waals surface area (Å²) in [5.74, 6) is -0.0349. The van der Waals surface area contributed by atoms with Gasteiger partial charge in [-0.1, -0.05) is 30.3 Å². The molecule has 0 aliphatic carbocycles. The van der Waals surface area contributed by atoms with Crippen LogP contribution < -0.4 is 5.32 Å². The molecule has 0 fully saturated rings. The van der Waals surface area contributed by atoms with Gasteiger partial charge in [-0.2, -0.15) is 16.9 Å². The Morgan fingerprint density at radius 1 is 1.33 bits per heavy atom. The number of aromatic nitrogens is 2. The summed E-state index contributed by atoms with van der Waals surface area (Å²) in [5.41, 5.74) is 2.04. The van der Waals surface area contributed by atoms with Crippen LogP contribution in [-0.2, 0) is 16.6 Å². The molecule has 0 spiro atoms. The topological polar surface area (TPSA) is 73.2 Å². The van der Waals surface area contributed by atoms with E-state index in [9.17, 15) is 9.59 Å². The Balaban J connectivity index is 2.17. The zero-order valence-corrected chi connectivity index (χ0v) is 14.8. The van der Waals surface area contributed by atoms with Gasteiger partial charge in [0, 0.05) is 12.6 Å². The maximum absolute atomic E-state index is 12.5. The first kappa shape index (κ1) is 18.1. The number of carbonyl (C=O) groups excluding carboxylic acids is 2. The Kier molecular flexibility index (Phi) is 6.43. The second-order valence-electron chi connectivity index (χ2n) is 5.24. The second kappa shape index (κ2) is 8.54. The predicted octanol–water partition coefficient (Wildman–Crippen LogP) is 2.11. The van der Waals surface area contributed by atoms with E-state index in [-0.39, 0.29) is 5.91 Å². The van der Waals surface area contributed by atoms with E-state index >= 15 is 0 Å². The molecule has 0 saturated heterocycles. The van der Waals surface area contributed by atoms with E-state index in [1.54, 1.807) is 24.9 Å². The fourth-order valence-corrected chi connectivity index (χ4v) is 2.76. The molecule has 0 unspecified atom stereocenters. The van der Waals surface area contributed by atoms with Crippen LogP contribution in [0.1, 0.15) is 16.9 Å². The highest BCUT2D eigenvalue weighted by molar-refractivity contribution is 7.98. The third-order valence-corrected chi connectivity index (χ3v) is 4.23. The van der Waals surface area contributed by atoms with Crippen LogP contribution >= 0.6 is 11.8 Å². The minimum absolute atomic E-state index is 0.344.